The molecule has 0 saturated carbocycles. The van der Waals surface area contributed by atoms with E-state index in [1.165, 1.54) is 0 Å². The molecule has 9 heavy (non-hydrogen) atoms. The summed E-state index contributed by atoms with van der Waals surface area (Å²) in [5.74, 6) is 0. The molecule has 6 N–H and O–H groups in total. The summed E-state index contributed by atoms with van der Waals surface area (Å²) in [4.78, 5) is 21.7. The van der Waals surface area contributed by atoms with Crippen LogP contribution >= 0.6 is 8.60 Å². The first kappa shape index (κ1) is 12.2. The zero-order valence-corrected chi connectivity index (χ0v) is 6.76. The molecule has 0 aliphatic carbocycles. The molecule has 0 radical (unpaired) electrons. The van der Waals surface area contributed by atoms with Crippen LogP contribution in [0, 0.1) is 0 Å². The average molecular weight is 224 g/mol. The summed E-state index contributed by atoms with van der Waals surface area (Å²) in [6.07, 6.45) is 0. The van der Waals surface area contributed by atoms with Crippen LogP contribution in [0.1, 0.15) is 0 Å². The Morgan fingerprint density at radius 3 is 1.00 bits per heavy atom. The monoisotopic (exact) mass is 224 g/mol. The van der Waals surface area contributed by atoms with Crippen LogP contribution in [0.4, 0.5) is 0 Å². The van der Waals surface area contributed by atoms with E-state index in [1.807, 2.05) is 0 Å². The van der Waals surface area contributed by atoms with Crippen LogP contribution in [0.2, 0.25) is 0 Å². The average Bonchev–Trinajstić information content (AvgIpc) is 1.19. The third kappa shape index (κ3) is 1220. The summed E-state index contributed by atoms with van der Waals surface area (Å²) in [5.41, 5.74) is 0. The van der Waals surface area contributed by atoms with Gasteiger partial charge in [-0.05, 0) is 0 Å². The zero-order valence-electron chi connectivity index (χ0n) is 3.99. The van der Waals surface area contributed by atoms with E-state index in [0.717, 1.165) is 0 Å². The number of hydrogen-bond donors (Lipinski definition) is 6. The molecule has 0 bridgehead atoms. The first-order chi connectivity index (χ1) is 3.73. The van der Waals surface area contributed by atoms with Crippen LogP contribution in [0.15, 0.2) is 0 Å². The molecule has 0 saturated heterocycles. The molecule has 0 unspecified atom stereocenters. The van der Waals surface area contributed by atoms with Gasteiger partial charge < -0.3 is 14.7 Å². The Balaban J connectivity index is 0. The van der Waals surface area contributed by atoms with Crippen molar-refractivity contribution in [3.63, 3.8) is 0 Å². The van der Waals surface area contributed by atoms with E-state index < -0.39 is 23.1 Å². The molecular formula is H6AsO7P. The molecule has 0 amide bonds. The smallest absolute Gasteiger partial charge is 0.324 e. The second kappa shape index (κ2) is 5.34. The summed E-state index contributed by atoms with van der Waals surface area (Å²) in [7, 11) is -2.62. The predicted molar refractivity (Wildman–Crippen MR) is 26.7 cm³/mol. The second-order valence-corrected chi connectivity index (χ2v) is 3.47. The standard InChI is InChI=1S/AsH3O4.H3O3P/c2-1(3,4)5;1-4(2)3/h(H3,2,3,4,5);1-3H. The van der Waals surface area contributed by atoms with Crippen molar-refractivity contribution in [2.75, 3.05) is 0 Å². The van der Waals surface area contributed by atoms with E-state index in [4.69, 9.17) is 30.7 Å². The largest absolute Gasteiger partial charge is 0.328 e. The molecule has 7 nitrogen and oxygen atoms in total. The third-order valence-corrected chi connectivity index (χ3v) is 0. The number of hydrogen-bond acceptors (Lipinski definition) is 4. The van der Waals surface area contributed by atoms with E-state index in [0.29, 0.717) is 0 Å². The van der Waals surface area contributed by atoms with Gasteiger partial charge in [-0.3, -0.25) is 0 Å². The van der Waals surface area contributed by atoms with Crippen molar-refractivity contribution in [3.8, 4) is 0 Å². The van der Waals surface area contributed by atoms with Crippen molar-refractivity contribution in [1.29, 1.82) is 0 Å². The van der Waals surface area contributed by atoms with Crippen molar-refractivity contribution >= 4 is 23.1 Å². The molecule has 0 fully saturated rings. The molecule has 0 aliphatic rings. The van der Waals surface area contributed by atoms with Crippen molar-refractivity contribution in [3.05, 3.63) is 0 Å². The van der Waals surface area contributed by atoms with Crippen LogP contribution in [-0.2, 0) is 3.74 Å². The number of rotatable bonds is 0. The van der Waals surface area contributed by atoms with Gasteiger partial charge in [0.25, 0.3) is 0 Å². The minimum Gasteiger partial charge on any atom is -0.328 e. The van der Waals surface area contributed by atoms with Crippen molar-refractivity contribution in [2.24, 2.45) is 0 Å². The van der Waals surface area contributed by atoms with E-state index >= 15 is 0 Å². The minimum absolute atomic E-state index is 2.62. The van der Waals surface area contributed by atoms with Crippen molar-refractivity contribution in [2.45, 2.75) is 0 Å². The third-order valence-electron chi connectivity index (χ3n) is 0. The summed E-state index contributed by atoms with van der Waals surface area (Å²) in [6, 6.07) is 0. The van der Waals surface area contributed by atoms with Gasteiger partial charge >= 0.3 is 39.1 Å². The SMILES string of the molecule is O=[As](O)(O)O.OP(O)O. The Kier molecular flexibility index (Phi) is 7.27. The van der Waals surface area contributed by atoms with E-state index in [2.05, 4.69) is 0 Å². The molecule has 58 valence electrons. The Morgan fingerprint density at radius 1 is 1.00 bits per heavy atom. The Hall–Kier alpha value is 0.548. The quantitative estimate of drug-likeness (QED) is 0.190. The van der Waals surface area contributed by atoms with Gasteiger partial charge in [-0.25, -0.2) is 0 Å². The molecule has 0 aromatic carbocycles. The fourth-order valence-electron chi connectivity index (χ4n) is 0. The zero-order chi connectivity index (χ0) is 8.08. The van der Waals surface area contributed by atoms with Crippen molar-refractivity contribution < 1.29 is 30.7 Å². The Bertz CT molecular complexity index is 80.1. The van der Waals surface area contributed by atoms with Gasteiger partial charge in [0.05, 0.1) is 0 Å². The van der Waals surface area contributed by atoms with Gasteiger partial charge in [0.1, 0.15) is 0 Å². The predicted octanol–water partition coefficient (Wildman–Crippen LogP) is -2.98. The van der Waals surface area contributed by atoms with Crippen LogP contribution in [-0.4, -0.2) is 41.5 Å². The van der Waals surface area contributed by atoms with Gasteiger partial charge in [-0.2, -0.15) is 0 Å². The maximum atomic E-state index is 8.94. The maximum Gasteiger partial charge on any atom is 0.324 e. The summed E-state index contributed by atoms with van der Waals surface area (Å²) >= 11 is -5.12. The summed E-state index contributed by atoms with van der Waals surface area (Å²) < 4.78 is 30.7. The van der Waals surface area contributed by atoms with Crippen LogP contribution in [0.25, 0.3) is 0 Å². The topological polar surface area (TPSA) is 138 Å². The fourth-order valence-corrected chi connectivity index (χ4v) is 0. The Labute approximate surface area is 54.6 Å². The molecule has 0 aromatic heterocycles. The molecule has 0 heterocycles. The fraction of sp³-hybridized carbons (Fsp3) is 0. The van der Waals surface area contributed by atoms with Gasteiger partial charge in [0, 0.05) is 0 Å². The molecule has 0 rings (SSSR count). The molecular weight excluding hydrogens is 218 g/mol. The van der Waals surface area contributed by atoms with Crippen LogP contribution in [0.3, 0.4) is 0 Å². The van der Waals surface area contributed by atoms with Crippen molar-refractivity contribution in [1.82, 2.24) is 0 Å². The summed E-state index contributed by atoms with van der Waals surface area (Å²) in [5, 5.41) is 0. The first-order valence-corrected chi connectivity index (χ1v) is 5.87. The molecule has 0 spiro atoms. The summed E-state index contributed by atoms with van der Waals surface area (Å²) in [6.45, 7) is 0. The van der Waals surface area contributed by atoms with E-state index in [-0.39, 0.29) is 0 Å². The maximum absolute atomic E-state index is 8.94. The molecule has 0 atom stereocenters. The molecule has 0 aliphatic heterocycles. The van der Waals surface area contributed by atoms with Crippen LogP contribution < -0.4 is 0 Å². The normalized spacial score (nSPS) is 10.6. The second-order valence-electron chi connectivity index (χ2n) is 0.782. The molecule has 9 heteroatoms. The van der Waals surface area contributed by atoms with Gasteiger partial charge in [0.2, 0.25) is 0 Å². The van der Waals surface area contributed by atoms with Gasteiger partial charge in [-0.15, -0.1) is 0 Å². The minimum atomic E-state index is -5.12. The molecule has 0 aromatic rings. The van der Waals surface area contributed by atoms with E-state index in [1.54, 1.807) is 0 Å². The van der Waals surface area contributed by atoms with E-state index in [9.17, 15) is 0 Å². The first-order valence-electron chi connectivity index (χ1n) is 1.38. The van der Waals surface area contributed by atoms with Gasteiger partial charge in [-0.1, -0.05) is 0 Å². The van der Waals surface area contributed by atoms with Gasteiger partial charge in [0.15, 0.2) is 0 Å². The Morgan fingerprint density at radius 2 is 1.00 bits per heavy atom. The van der Waals surface area contributed by atoms with Crippen LogP contribution in [0.5, 0.6) is 0 Å².